The van der Waals surface area contributed by atoms with Crippen LogP contribution in [0.15, 0.2) is 0 Å². The number of hydrogen-bond donors (Lipinski definition) is 3. The normalized spacial score (nSPS) is 14.4. The van der Waals surface area contributed by atoms with Crippen LogP contribution in [-0.2, 0) is 65.4 Å². The van der Waals surface area contributed by atoms with Crippen LogP contribution in [0.5, 0.6) is 0 Å². The second-order valence-corrected chi connectivity index (χ2v) is 28.0. The first-order valence-corrected chi connectivity index (χ1v) is 36.2. The van der Waals surface area contributed by atoms with Crippen molar-refractivity contribution < 1.29 is 80.2 Å². The molecule has 0 radical (unpaired) electrons. The number of carbonyl (C=O) groups is 4. The van der Waals surface area contributed by atoms with Gasteiger partial charge in [-0.15, -0.1) is 0 Å². The van der Waals surface area contributed by atoms with Crippen LogP contribution in [0.1, 0.15) is 306 Å². The molecule has 0 aliphatic carbocycles. The van der Waals surface area contributed by atoms with E-state index >= 15 is 0 Å². The highest BCUT2D eigenvalue weighted by Crippen LogP contribution is 2.45. The van der Waals surface area contributed by atoms with Crippen molar-refractivity contribution in [2.24, 2.45) is 23.7 Å². The fourth-order valence-corrected chi connectivity index (χ4v) is 11.0. The minimum absolute atomic E-state index is 0.100. The molecule has 0 spiro atoms. The van der Waals surface area contributed by atoms with Gasteiger partial charge in [-0.2, -0.15) is 0 Å². The van der Waals surface area contributed by atoms with Crippen molar-refractivity contribution in [1.29, 1.82) is 0 Å². The topological polar surface area (TPSA) is 237 Å². The molecule has 0 aliphatic heterocycles. The van der Waals surface area contributed by atoms with Crippen molar-refractivity contribution in [2.75, 3.05) is 39.6 Å². The van der Waals surface area contributed by atoms with Crippen LogP contribution < -0.4 is 0 Å². The molecule has 0 aromatic rings. The van der Waals surface area contributed by atoms with Crippen LogP contribution in [0.25, 0.3) is 0 Å². The Hall–Kier alpha value is -1.94. The number of rotatable bonds is 61. The molecule has 83 heavy (non-hydrogen) atoms. The number of hydrogen-bond acceptors (Lipinski definition) is 15. The lowest BCUT2D eigenvalue weighted by Gasteiger charge is -2.21. The van der Waals surface area contributed by atoms with Crippen molar-refractivity contribution in [3.8, 4) is 0 Å². The van der Waals surface area contributed by atoms with E-state index in [-0.39, 0.29) is 25.7 Å². The van der Waals surface area contributed by atoms with Gasteiger partial charge in [0.25, 0.3) is 0 Å². The standard InChI is InChI=1S/C64H124O17P2/c1-54(2)40-32-24-16-14-12-10-9-11-13-15-17-30-38-46-63(68)80-59(50-74-61(66)44-36-28-21-18-25-33-41-55(3)4)52-78-82(70,71)76-48-58(65)49-77-83(72,73)79-53-60(81-64(69)47-39-31-23-20-27-35-43-57(7)8)51-75-62(67)45-37-29-22-19-26-34-42-56(5)6/h54-60,65H,9-53H2,1-8H3,(H,70,71)(H,72,73)/t58-,59+,60+/m0/s1. The van der Waals surface area contributed by atoms with Gasteiger partial charge < -0.3 is 33.8 Å². The Morgan fingerprint density at radius 3 is 0.747 bits per heavy atom. The van der Waals surface area contributed by atoms with Crippen LogP contribution in [0.4, 0.5) is 0 Å². The molecule has 0 saturated carbocycles. The first-order chi connectivity index (χ1) is 39.6. The fraction of sp³-hybridized carbons (Fsp3) is 0.938. The van der Waals surface area contributed by atoms with E-state index in [9.17, 15) is 43.2 Å². The second-order valence-electron chi connectivity index (χ2n) is 25.1. The monoisotopic (exact) mass is 1230 g/mol. The molecule has 0 rings (SSSR count). The van der Waals surface area contributed by atoms with E-state index < -0.39 is 97.5 Å². The van der Waals surface area contributed by atoms with Crippen molar-refractivity contribution in [3.63, 3.8) is 0 Å². The van der Waals surface area contributed by atoms with Gasteiger partial charge in [-0.1, -0.05) is 254 Å². The summed E-state index contributed by atoms with van der Waals surface area (Å²) in [4.78, 5) is 72.1. The average Bonchev–Trinajstić information content (AvgIpc) is 3.42. The van der Waals surface area contributed by atoms with Gasteiger partial charge in [0, 0.05) is 25.7 Å². The molecule has 3 N–H and O–H groups in total. The van der Waals surface area contributed by atoms with E-state index in [4.69, 9.17) is 37.0 Å². The molecular formula is C64H124O17P2. The first kappa shape index (κ1) is 81.1. The summed E-state index contributed by atoms with van der Waals surface area (Å²) in [6.45, 7) is 13.8. The highest BCUT2D eigenvalue weighted by molar-refractivity contribution is 7.47. The molecular weight excluding hydrogens is 1100 g/mol. The fourth-order valence-electron chi connectivity index (χ4n) is 9.43. The van der Waals surface area contributed by atoms with Gasteiger partial charge in [0.15, 0.2) is 12.2 Å². The molecule has 19 heteroatoms. The molecule has 492 valence electrons. The third kappa shape index (κ3) is 58.8. The minimum Gasteiger partial charge on any atom is -0.462 e. The molecule has 0 aromatic carbocycles. The maximum absolute atomic E-state index is 13.0. The highest BCUT2D eigenvalue weighted by Gasteiger charge is 2.30. The molecule has 17 nitrogen and oxygen atoms in total. The Balaban J connectivity index is 5.20. The maximum atomic E-state index is 13.0. The first-order valence-electron chi connectivity index (χ1n) is 33.2. The number of phosphoric ester groups is 2. The summed E-state index contributed by atoms with van der Waals surface area (Å²) < 4.78 is 67.9. The van der Waals surface area contributed by atoms with Crippen molar-refractivity contribution in [2.45, 2.75) is 324 Å². The van der Waals surface area contributed by atoms with Gasteiger partial charge in [-0.25, -0.2) is 9.13 Å². The minimum atomic E-state index is -4.95. The summed E-state index contributed by atoms with van der Waals surface area (Å²) >= 11 is 0. The number of aliphatic hydroxyl groups is 1. The smallest absolute Gasteiger partial charge is 0.462 e. The number of aliphatic hydroxyl groups excluding tert-OH is 1. The number of ether oxygens (including phenoxy) is 4. The number of carbonyl (C=O) groups excluding carboxylic acids is 4. The predicted molar refractivity (Wildman–Crippen MR) is 331 cm³/mol. The summed E-state index contributed by atoms with van der Waals surface area (Å²) in [6.07, 6.45) is 34.0. The van der Waals surface area contributed by atoms with E-state index in [1.165, 1.54) is 96.3 Å². The number of unbranched alkanes of at least 4 members (excludes halogenated alkanes) is 27. The predicted octanol–water partition coefficient (Wildman–Crippen LogP) is 17.4. The van der Waals surface area contributed by atoms with E-state index in [0.717, 1.165) is 109 Å². The zero-order valence-corrected chi connectivity index (χ0v) is 55.6. The number of esters is 4. The van der Waals surface area contributed by atoms with Crippen LogP contribution in [0.2, 0.25) is 0 Å². The lowest BCUT2D eigenvalue weighted by Crippen LogP contribution is -2.30. The van der Waals surface area contributed by atoms with Crippen molar-refractivity contribution in [1.82, 2.24) is 0 Å². The van der Waals surface area contributed by atoms with E-state index in [0.29, 0.717) is 43.4 Å². The molecule has 5 atom stereocenters. The second kappa shape index (κ2) is 54.2. The molecule has 0 aromatic heterocycles. The van der Waals surface area contributed by atoms with E-state index in [1.807, 2.05) is 0 Å². The van der Waals surface area contributed by atoms with Crippen molar-refractivity contribution >= 4 is 39.5 Å². The lowest BCUT2D eigenvalue weighted by atomic mass is 10.0. The Morgan fingerprint density at radius 1 is 0.301 bits per heavy atom. The lowest BCUT2D eigenvalue weighted by molar-refractivity contribution is -0.161. The quantitative estimate of drug-likeness (QED) is 0.0222. The summed E-state index contributed by atoms with van der Waals surface area (Å²) in [5, 5.41) is 10.5. The summed E-state index contributed by atoms with van der Waals surface area (Å²) in [6, 6.07) is 0. The Morgan fingerprint density at radius 2 is 0.506 bits per heavy atom. The third-order valence-corrected chi connectivity index (χ3v) is 16.5. The van der Waals surface area contributed by atoms with Gasteiger partial charge >= 0.3 is 39.5 Å². The van der Waals surface area contributed by atoms with Crippen LogP contribution in [-0.4, -0.2) is 96.7 Å². The number of phosphoric acid groups is 2. The summed E-state index contributed by atoms with van der Waals surface area (Å²) in [5.41, 5.74) is 0. The molecule has 0 aliphatic rings. The Bertz CT molecular complexity index is 1660. The molecule has 0 saturated heterocycles. The maximum Gasteiger partial charge on any atom is 0.472 e. The van der Waals surface area contributed by atoms with Crippen LogP contribution in [0, 0.1) is 23.7 Å². The van der Waals surface area contributed by atoms with Crippen molar-refractivity contribution in [3.05, 3.63) is 0 Å². The van der Waals surface area contributed by atoms with Gasteiger partial charge in [0.1, 0.15) is 19.3 Å². The van der Waals surface area contributed by atoms with E-state index in [2.05, 4.69) is 55.4 Å². The van der Waals surface area contributed by atoms with Gasteiger partial charge in [0.2, 0.25) is 0 Å². The summed E-state index contributed by atoms with van der Waals surface area (Å²) in [5.74, 6) is 0.669. The molecule has 0 heterocycles. The SMILES string of the molecule is CC(C)CCCCCCCCCCCCCCCC(=O)O[C@H](COC(=O)CCCCCCCCC(C)C)COP(=O)(O)OC[C@H](O)COP(=O)(O)OC[C@@H](COC(=O)CCCCCCCCC(C)C)OC(=O)CCCCCCCCC(C)C. The third-order valence-electron chi connectivity index (χ3n) is 14.6. The van der Waals surface area contributed by atoms with Gasteiger partial charge in [0.05, 0.1) is 26.4 Å². The molecule has 2 unspecified atom stereocenters. The molecule has 0 fully saturated rings. The van der Waals surface area contributed by atoms with E-state index in [1.54, 1.807) is 0 Å². The van der Waals surface area contributed by atoms with Gasteiger partial charge in [-0.05, 0) is 49.4 Å². The van der Waals surface area contributed by atoms with Gasteiger partial charge in [-0.3, -0.25) is 37.3 Å². The average molecular weight is 1230 g/mol. The zero-order valence-electron chi connectivity index (χ0n) is 53.8. The zero-order chi connectivity index (χ0) is 61.8. The van der Waals surface area contributed by atoms with Crippen LogP contribution >= 0.6 is 15.6 Å². The molecule has 0 amide bonds. The van der Waals surface area contributed by atoms with Crippen LogP contribution in [0.3, 0.4) is 0 Å². The highest BCUT2D eigenvalue weighted by atomic mass is 31.2. The molecule has 0 bridgehead atoms. The Labute approximate surface area is 505 Å². The largest absolute Gasteiger partial charge is 0.472 e. The summed E-state index contributed by atoms with van der Waals surface area (Å²) in [7, 11) is -9.89. The Kier molecular flexibility index (Phi) is 53.0.